The fraction of sp³-hybridized carbons (Fsp3) is 0.250. The zero-order valence-corrected chi connectivity index (χ0v) is 10.8. The van der Waals surface area contributed by atoms with E-state index in [9.17, 15) is 0 Å². The van der Waals surface area contributed by atoms with Crippen molar-refractivity contribution in [3.63, 3.8) is 0 Å². The minimum Gasteiger partial charge on any atom is -0.497 e. The second kappa shape index (κ2) is 5.64. The van der Waals surface area contributed by atoms with Crippen LogP contribution in [0, 0.1) is 0 Å². The summed E-state index contributed by atoms with van der Waals surface area (Å²) in [4.78, 5) is 4.15. The van der Waals surface area contributed by atoms with E-state index in [0.717, 1.165) is 5.69 Å². The Bertz CT molecular complexity index is 528. The summed E-state index contributed by atoms with van der Waals surface area (Å²) in [6.45, 7) is 0. The minimum absolute atomic E-state index is 0.310. The summed E-state index contributed by atoms with van der Waals surface area (Å²) in [6.07, 6.45) is 1.51. The monoisotopic (exact) mass is 268 g/mol. The van der Waals surface area contributed by atoms with Crippen LogP contribution in [0.5, 0.6) is 11.5 Å². The molecule has 0 aliphatic carbocycles. The van der Waals surface area contributed by atoms with Crippen molar-refractivity contribution >= 4 is 23.3 Å². The number of aromatic nitrogens is 1. The van der Waals surface area contributed by atoms with E-state index >= 15 is 0 Å². The van der Waals surface area contributed by atoms with Crippen LogP contribution in [0.15, 0.2) is 28.9 Å². The van der Waals surface area contributed by atoms with E-state index in [1.165, 1.54) is 6.26 Å². The standard InChI is InChI=1S/C12H13ClN2O3/c1-16-9-3-4-10(11(5-9)17-2)15-12-14-8(6-13)7-18-12/h3-5,7H,6H2,1-2H3,(H,14,15). The number of methoxy groups -OCH3 is 2. The van der Waals surface area contributed by atoms with Gasteiger partial charge in [0.05, 0.1) is 31.5 Å². The summed E-state index contributed by atoms with van der Waals surface area (Å²) in [5.74, 6) is 1.66. The summed E-state index contributed by atoms with van der Waals surface area (Å²) in [5.41, 5.74) is 1.41. The van der Waals surface area contributed by atoms with Gasteiger partial charge >= 0.3 is 0 Å². The van der Waals surface area contributed by atoms with E-state index < -0.39 is 0 Å². The molecule has 0 bridgehead atoms. The van der Waals surface area contributed by atoms with Crippen LogP contribution >= 0.6 is 11.6 Å². The Balaban J connectivity index is 2.22. The predicted octanol–water partition coefficient (Wildman–Crippen LogP) is 3.17. The first-order chi connectivity index (χ1) is 8.76. The molecule has 5 nitrogen and oxygen atoms in total. The van der Waals surface area contributed by atoms with Crippen LogP contribution in [0.3, 0.4) is 0 Å². The lowest BCUT2D eigenvalue weighted by molar-refractivity contribution is 0.395. The van der Waals surface area contributed by atoms with Crippen molar-refractivity contribution in [1.29, 1.82) is 0 Å². The molecule has 18 heavy (non-hydrogen) atoms. The molecule has 0 unspecified atom stereocenters. The molecule has 0 aliphatic heterocycles. The molecular formula is C12H13ClN2O3. The molecule has 0 fully saturated rings. The first-order valence-electron chi connectivity index (χ1n) is 5.26. The number of anilines is 2. The molecule has 1 aromatic heterocycles. The lowest BCUT2D eigenvalue weighted by Crippen LogP contribution is -1.96. The van der Waals surface area contributed by atoms with Crippen LogP contribution in [0.25, 0.3) is 0 Å². The lowest BCUT2D eigenvalue weighted by atomic mass is 10.2. The molecule has 0 aliphatic rings. The maximum Gasteiger partial charge on any atom is 0.299 e. The SMILES string of the molecule is COc1ccc(Nc2nc(CCl)co2)c(OC)c1. The van der Waals surface area contributed by atoms with Gasteiger partial charge < -0.3 is 19.2 Å². The number of halogens is 1. The van der Waals surface area contributed by atoms with Gasteiger partial charge in [-0.1, -0.05) is 0 Å². The number of hydrogen-bond donors (Lipinski definition) is 1. The fourth-order valence-corrected chi connectivity index (χ4v) is 1.57. The normalized spacial score (nSPS) is 10.2. The van der Waals surface area contributed by atoms with Gasteiger partial charge in [-0.15, -0.1) is 11.6 Å². The van der Waals surface area contributed by atoms with Crippen LogP contribution in [-0.4, -0.2) is 19.2 Å². The van der Waals surface area contributed by atoms with Gasteiger partial charge in [-0.3, -0.25) is 0 Å². The van der Waals surface area contributed by atoms with Gasteiger partial charge in [0.1, 0.15) is 17.8 Å². The first kappa shape index (κ1) is 12.6. The van der Waals surface area contributed by atoms with E-state index in [-0.39, 0.29) is 0 Å². The Kier molecular flexibility index (Phi) is 3.94. The molecule has 2 rings (SSSR count). The first-order valence-corrected chi connectivity index (χ1v) is 5.79. The Hall–Kier alpha value is -1.88. The zero-order valence-electron chi connectivity index (χ0n) is 10.1. The number of nitrogens with zero attached hydrogens (tertiary/aromatic N) is 1. The number of oxazole rings is 1. The second-order valence-corrected chi connectivity index (χ2v) is 3.74. The molecule has 0 radical (unpaired) electrons. The van der Waals surface area contributed by atoms with Gasteiger partial charge in [0.25, 0.3) is 6.01 Å². The summed E-state index contributed by atoms with van der Waals surface area (Å²) in [7, 11) is 3.18. The average molecular weight is 269 g/mol. The van der Waals surface area contributed by atoms with Crippen molar-refractivity contribution in [2.24, 2.45) is 0 Å². The minimum atomic E-state index is 0.310. The van der Waals surface area contributed by atoms with E-state index in [1.807, 2.05) is 12.1 Å². The second-order valence-electron chi connectivity index (χ2n) is 3.47. The molecule has 1 heterocycles. The highest BCUT2D eigenvalue weighted by Gasteiger charge is 2.08. The summed E-state index contributed by atoms with van der Waals surface area (Å²) < 4.78 is 15.6. The van der Waals surface area contributed by atoms with Gasteiger partial charge in [0, 0.05) is 6.07 Å². The number of benzene rings is 1. The molecule has 0 amide bonds. The predicted molar refractivity (Wildman–Crippen MR) is 68.9 cm³/mol. The van der Waals surface area contributed by atoms with Crippen molar-refractivity contribution in [2.45, 2.75) is 5.88 Å². The third kappa shape index (κ3) is 2.68. The van der Waals surface area contributed by atoms with Crippen LogP contribution in [0.4, 0.5) is 11.7 Å². The van der Waals surface area contributed by atoms with Crippen molar-refractivity contribution in [3.05, 3.63) is 30.2 Å². The summed E-state index contributed by atoms with van der Waals surface area (Å²) in [5, 5.41) is 3.01. The Labute approximate surface area is 110 Å². The topological polar surface area (TPSA) is 56.5 Å². The molecular weight excluding hydrogens is 256 g/mol. The van der Waals surface area contributed by atoms with Gasteiger partial charge in [-0.05, 0) is 12.1 Å². The summed E-state index contributed by atoms with van der Waals surface area (Å²) >= 11 is 5.65. The smallest absolute Gasteiger partial charge is 0.299 e. The van der Waals surface area contributed by atoms with E-state index in [4.69, 9.17) is 25.5 Å². The molecule has 0 spiro atoms. The number of nitrogens with one attached hydrogen (secondary N) is 1. The quantitative estimate of drug-likeness (QED) is 0.844. The van der Waals surface area contributed by atoms with E-state index in [1.54, 1.807) is 20.3 Å². The van der Waals surface area contributed by atoms with Crippen molar-refractivity contribution < 1.29 is 13.9 Å². The maximum atomic E-state index is 5.65. The molecule has 0 atom stereocenters. The molecule has 0 saturated heterocycles. The van der Waals surface area contributed by atoms with Gasteiger partial charge in [0.15, 0.2) is 0 Å². The number of hydrogen-bond acceptors (Lipinski definition) is 5. The maximum absolute atomic E-state index is 5.65. The molecule has 6 heteroatoms. The average Bonchev–Trinajstić information content (AvgIpc) is 2.87. The molecule has 0 saturated carbocycles. The highest BCUT2D eigenvalue weighted by Crippen LogP contribution is 2.31. The van der Waals surface area contributed by atoms with Crippen LogP contribution in [0.2, 0.25) is 0 Å². The number of rotatable bonds is 5. The van der Waals surface area contributed by atoms with Crippen LogP contribution in [0.1, 0.15) is 5.69 Å². The van der Waals surface area contributed by atoms with Gasteiger partial charge in [-0.25, -0.2) is 0 Å². The number of alkyl halides is 1. The lowest BCUT2D eigenvalue weighted by Gasteiger charge is -2.09. The molecule has 2 aromatic rings. The van der Waals surface area contributed by atoms with Crippen molar-refractivity contribution in [3.8, 4) is 11.5 Å². The van der Waals surface area contributed by atoms with E-state index in [0.29, 0.717) is 29.1 Å². The largest absolute Gasteiger partial charge is 0.497 e. The third-order valence-electron chi connectivity index (χ3n) is 2.34. The fourth-order valence-electron chi connectivity index (χ4n) is 1.44. The number of ether oxygens (including phenoxy) is 2. The highest BCUT2D eigenvalue weighted by molar-refractivity contribution is 6.16. The molecule has 1 aromatic carbocycles. The van der Waals surface area contributed by atoms with Crippen LogP contribution in [-0.2, 0) is 5.88 Å². The Morgan fingerprint density at radius 3 is 2.78 bits per heavy atom. The zero-order chi connectivity index (χ0) is 13.0. The third-order valence-corrected chi connectivity index (χ3v) is 2.61. The van der Waals surface area contributed by atoms with E-state index in [2.05, 4.69) is 10.3 Å². The van der Waals surface area contributed by atoms with Gasteiger partial charge in [0.2, 0.25) is 0 Å². The molecule has 1 N–H and O–H groups in total. The Morgan fingerprint density at radius 2 is 2.17 bits per heavy atom. The van der Waals surface area contributed by atoms with Crippen LogP contribution < -0.4 is 14.8 Å². The van der Waals surface area contributed by atoms with Gasteiger partial charge in [-0.2, -0.15) is 4.98 Å². The molecule has 96 valence electrons. The van der Waals surface area contributed by atoms with Crippen molar-refractivity contribution in [2.75, 3.05) is 19.5 Å². The summed E-state index contributed by atoms with van der Waals surface area (Å²) in [6, 6.07) is 5.78. The van der Waals surface area contributed by atoms with Crippen molar-refractivity contribution in [1.82, 2.24) is 4.98 Å². The highest BCUT2D eigenvalue weighted by atomic mass is 35.5. The Morgan fingerprint density at radius 1 is 1.33 bits per heavy atom.